The Morgan fingerprint density at radius 2 is 2.00 bits per heavy atom. The van der Waals surface area contributed by atoms with Crippen LogP contribution in [0.2, 0.25) is 5.02 Å². The molecule has 2 rings (SSSR count). The molecule has 0 saturated heterocycles. The molecule has 1 aromatic heterocycles. The van der Waals surface area contributed by atoms with Crippen molar-refractivity contribution in [2.24, 2.45) is 0 Å². The average molecular weight is 265 g/mol. The lowest BCUT2D eigenvalue weighted by Crippen LogP contribution is -2.07. The molecule has 0 unspecified atom stereocenters. The molecule has 2 N–H and O–H groups in total. The van der Waals surface area contributed by atoms with E-state index in [4.69, 9.17) is 11.6 Å². The van der Waals surface area contributed by atoms with E-state index < -0.39 is 0 Å². The number of hydrogen-bond acceptors (Lipinski definition) is 5. The van der Waals surface area contributed by atoms with Gasteiger partial charge in [-0.25, -0.2) is 4.98 Å². The van der Waals surface area contributed by atoms with E-state index in [2.05, 4.69) is 20.5 Å². The van der Waals surface area contributed by atoms with Crippen molar-refractivity contribution in [2.45, 2.75) is 20.4 Å². The summed E-state index contributed by atoms with van der Waals surface area (Å²) in [4.78, 5) is 4.24. The smallest absolute Gasteiger partial charge is 0.243 e. The van der Waals surface area contributed by atoms with Crippen LogP contribution in [0.3, 0.4) is 0 Å². The van der Waals surface area contributed by atoms with Crippen LogP contribution in [0.5, 0.6) is 5.75 Å². The second kappa shape index (κ2) is 5.18. The van der Waals surface area contributed by atoms with Crippen molar-refractivity contribution in [2.75, 3.05) is 5.32 Å². The van der Waals surface area contributed by atoms with E-state index in [9.17, 15) is 5.11 Å². The van der Waals surface area contributed by atoms with Crippen LogP contribution in [-0.4, -0.2) is 20.3 Å². The molecule has 0 fully saturated rings. The van der Waals surface area contributed by atoms with E-state index >= 15 is 0 Å². The van der Waals surface area contributed by atoms with Gasteiger partial charge in [-0.2, -0.15) is 5.10 Å². The predicted molar refractivity (Wildman–Crippen MR) is 69.7 cm³/mol. The fraction of sp³-hybridized carbons (Fsp3) is 0.250. The lowest BCUT2D eigenvalue weighted by atomic mass is 10.2. The number of hydrogen-bond donors (Lipinski definition) is 2. The van der Waals surface area contributed by atoms with Gasteiger partial charge in [0, 0.05) is 12.1 Å². The number of para-hydroxylation sites is 1. The zero-order valence-corrected chi connectivity index (χ0v) is 10.9. The summed E-state index contributed by atoms with van der Waals surface area (Å²) in [5, 5.41) is 21.0. The van der Waals surface area contributed by atoms with Crippen molar-refractivity contribution in [3.8, 4) is 5.75 Å². The van der Waals surface area contributed by atoms with Gasteiger partial charge in [-0.15, -0.1) is 5.10 Å². The molecule has 0 spiro atoms. The molecule has 1 aromatic carbocycles. The first-order valence-electron chi connectivity index (χ1n) is 5.46. The van der Waals surface area contributed by atoms with E-state index in [1.54, 1.807) is 18.2 Å². The number of aromatic hydroxyl groups is 1. The summed E-state index contributed by atoms with van der Waals surface area (Å²) in [6, 6.07) is 5.19. The first-order valence-corrected chi connectivity index (χ1v) is 5.84. The summed E-state index contributed by atoms with van der Waals surface area (Å²) in [5.74, 6) is 0.501. The molecule has 0 bridgehead atoms. The minimum absolute atomic E-state index is 0.0726. The summed E-state index contributed by atoms with van der Waals surface area (Å²) in [6.45, 7) is 4.10. The molecule has 0 aliphatic rings. The minimum atomic E-state index is 0.0726. The van der Waals surface area contributed by atoms with E-state index in [-0.39, 0.29) is 5.75 Å². The van der Waals surface area contributed by atoms with Crippen molar-refractivity contribution < 1.29 is 5.11 Å². The van der Waals surface area contributed by atoms with E-state index in [1.807, 2.05) is 13.8 Å². The Balaban J connectivity index is 2.11. The van der Waals surface area contributed by atoms with Crippen LogP contribution in [0.1, 0.15) is 17.0 Å². The molecule has 18 heavy (non-hydrogen) atoms. The predicted octanol–water partition coefficient (Wildman–Crippen LogP) is 2.46. The third-order valence-electron chi connectivity index (χ3n) is 2.60. The summed E-state index contributed by atoms with van der Waals surface area (Å²) >= 11 is 5.82. The summed E-state index contributed by atoms with van der Waals surface area (Å²) in [5.41, 5.74) is 2.30. The second-order valence-electron chi connectivity index (χ2n) is 3.91. The minimum Gasteiger partial charge on any atom is -0.506 e. The van der Waals surface area contributed by atoms with Crippen molar-refractivity contribution in [3.05, 3.63) is 40.2 Å². The Labute approximate surface area is 110 Å². The maximum Gasteiger partial charge on any atom is 0.243 e. The zero-order chi connectivity index (χ0) is 13.1. The van der Waals surface area contributed by atoms with Gasteiger partial charge in [0.05, 0.1) is 16.4 Å². The molecule has 5 nitrogen and oxygen atoms in total. The third kappa shape index (κ3) is 2.68. The van der Waals surface area contributed by atoms with Gasteiger partial charge < -0.3 is 10.4 Å². The Morgan fingerprint density at radius 1 is 1.22 bits per heavy atom. The number of phenolic OH excluding ortho intramolecular Hbond substituents is 1. The van der Waals surface area contributed by atoms with E-state index in [1.165, 1.54) is 0 Å². The van der Waals surface area contributed by atoms with Crippen molar-refractivity contribution in [3.63, 3.8) is 0 Å². The van der Waals surface area contributed by atoms with Gasteiger partial charge in [0.1, 0.15) is 5.75 Å². The lowest BCUT2D eigenvalue weighted by molar-refractivity contribution is 0.469. The van der Waals surface area contributed by atoms with Crippen molar-refractivity contribution >= 4 is 17.5 Å². The molecular formula is C12H13ClN4O. The van der Waals surface area contributed by atoms with Gasteiger partial charge in [-0.05, 0) is 19.9 Å². The Bertz CT molecular complexity index is 574. The molecule has 0 saturated carbocycles. The maximum absolute atomic E-state index is 9.75. The molecule has 0 amide bonds. The van der Waals surface area contributed by atoms with Gasteiger partial charge in [0.25, 0.3) is 0 Å². The first kappa shape index (κ1) is 12.6. The molecular weight excluding hydrogens is 252 g/mol. The Hall–Kier alpha value is -1.88. The number of phenols is 1. The molecule has 6 heteroatoms. The average Bonchev–Trinajstić information content (AvgIpc) is 2.35. The van der Waals surface area contributed by atoms with Crippen molar-refractivity contribution in [1.29, 1.82) is 0 Å². The molecule has 0 atom stereocenters. The molecule has 2 aromatic rings. The number of nitrogens with one attached hydrogen (secondary N) is 1. The van der Waals surface area contributed by atoms with Crippen LogP contribution >= 0.6 is 11.6 Å². The number of benzene rings is 1. The van der Waals surface area contributed by atoms with Crippen LogP contribution in [0, 0.1) is 13.8 Å². The highest BCUT2D eigenvalue weighted by Gasteiger charge is 2.06. The number of nitrogens with zero attached hydrogens (tertiary/aromatic N) is 3. The van der Waals surface area contributed by atoms with Crippen LogP contribution < -0.4 is 5.32 Å². The summed E-state index contributed by atoms with van der Waals surface area (Å²) in [7, 11) is 0. The molecule has 1 heterocycles. The number of rotatable bonds is 3. The van der Waals surface area contributed by atoms with Crippen LogP contribution in [-0.2, 0) is 6.54 Å². The highest BCUT2D eigenvalue weighted by molar-refractivity contribution is 6.32. The van der Waals surface area contributed by atoms with Crippen LogP contribution in [0.25, 0.3) is 0 Å². The first-order chi connectivity index (χ1) is 8.58. The van der Waals surface area contributed by atoms with Gasteiger partial charge in [-0.1, -0.05) is 23.7 Å². The van der Waals surface area contributed by atoms with E-state index in [0.29, 0.717) is 23.1 Å². The highest BCUT2D eigenvalue weighted by atomic mass is 35.5. The quantitative estimate of drug-likeness (QED) is 0.891. The summed E-state index contributed by atoms with van der Waals surface area (Å²) < 4.78 is 0. The second-order valence-corrected chi connectivity index (χ2v) is 4.31. The van der Waals surface area contributed by atoms with Gasteiger partial charge in [-0.3, -0.25) is 0 Å². The van der Waals surface area contributed by atoms with Gasteiger partial charge in [0.15, 0.2) is 0 Å². The normalized spacial score (nSPS) is 10.4. The highest BCUT2D eigenvalue weighted by Crippen LogP contribution is 2.27. The van der Waals surface area contributed by atoms with Gasteiger partial charge >= 0.3 is 0 Å². The lowest BCUT2D eigenvalue weighted by Gasteiger charge is -2.08. The number of aryl methyl sites for hydroxylation is 2. The molecule has 0 radical (unpaired) electrons. The third-order valence-corrected chi connectivity index (χ3v) is 2.90. The van der Waals surface area contributed by atoms with Crippen LogP contribution in [0.4, 0.5) is 5.95 Å². The monoisotopic (exact) mass is 264 g/mol. The molecule has 94 valence electrons. The Morgan fingerprint density at radius 3 is 2.72 bits per heavy atom. The molecule has 0 aliphatic carbocycles. The maximum atomic E-state index is 9.75. The van der Waals surface area contributed by atoms with Crippen molar-refractivity contribution in [1.82, 2.24) is 15.2 Å². The fourth-order valence-corrected chi connectivity index (χ4v) is 1.60. The van der Waals surface area contributed by atoms with Crippen LogP contribution in [0.15, 0.2) is 18.2 Å². The number of anilines is 1. The van der Waals surface area contributed by atoms with Gasteiger partial charge in [0.2, 0.25) is 5.95 Å². The number of halogens is 1. The standard InChI is InChI=1S/C12H13ClN4O/c1-7-8(2)16-17-12(15-7)14-6-9-4-3-5-10(13)11(9)18/h3-5,18H,6H2,1-2H3,(H,14,15,17). The SMILES string of the molecule is Cc1nnc(NCc2cccc(Cl)c2O)nc1C. The number of aromatic nitrogens is 3. The largest absolute Gasteiger partial charge is 0.506 e. The topological polar surface area (TPSA) is 70.9 Å². The Kier molecular flexibility index (Phi) is 3.62. The fourth-order valence-electron chi connectivity index (χ4n) is 1.41. The summed E-state index contributed by atoms with van der Waals surface area (Å²) in [6.07, 6.45) is 0. The van der Waals surface area contributed by atoms with E-state index in [0.717, 1.165) is 11.4 Å². The molecule has 0 aliphatic heterocycles. The zero-order valence-electron chi connectivity index (χ0n) is 10.1.